The molecule has 3 heterocycles. The number of para-hydroxylation sites is 1. The highest BCUT2D eigenvalue weighted by atomic mass is 16.2. The molecule has 0 saturated carbocycles. The van der Waals surface area contributed by atoms with E-state index in [9.17, 15) is 4.79 Å². The van der Waals surface area contributed by atoms with E-state index in [-0.39, 0.29) is 11.3 Å². The molecule has 5 rings (SSSR count). The number of pyridine rings is 1. The number of carbonyl (C=O) groups excluding carboxylic acids is 1. The summed E-state index contributed by atoms with van der Waals surface area (Å²) in [7, 11) is 0. The van der Waals surface area contributed by atoms with Gasteiger partial charge >= 0.3 is 0 Å². The van der Waals surface area contributed by atoms with E-state index in [1.807, 2.05) is 30.3 Å². The van der Waals surface area contributed by atoms with Gasteiger partial charge in [-0.05, 0) is 49.9 Å². The lowest BCUT2D eigenvalue weighted by atomic mass is 9.79. The van der Waals surface area contributed by atoms with E-state index in [4.69, 9.17) is 0 Å². The molecule has 3 aromatic rings. The topological polar surface area (TPSA) is 36.4 Å². The molecule has 1 aromatic heterocycles. The summed E-state index contributed by atoms with van der Waals surface area (Å²) >= 11 is 0. The van der Waals surface area contributed by atoms with Crippen LogP contribution in [0.2, 0.25) is 0 Å². The Bertz CT molecular complexity index is 1030. The summed E-state index contributed by atoms with van der Waals surface area (Å²) in [5.41, 5.74) is 3.31. The van der Waals surface area contributed by atoms with Crippen molar-refractivity contribution in [3.63, 3.8) is 0 Å². The predicted octanol–water partition coefficient (Wildman–Crippen LogP) is 4.41. The normalized spacial score (nSPS) is 22.1. The third kappa shape index (κ3) is 3.97. The van der Waals surface area contributed by atoms with Gasteiger partial charge in [0.2, 0.25) is 0 Å². The summed E-state index contributed by atoms with van der Waals surface area (Å²) in [4.78, 5) is 22.3. The molecule has 1 atom stereocenters. The first-order valence-corrected chi connectivity index (χ1v) is 11.1. The van der Waals surface area contributed by atoms with Crippen molar-refractivity contribution in [1.82, 2.24) is 14.8 Å². The minimum Gasteiger partial charge on any atom is -0.338 e. The number of benzene rings is 2. The van der Waals surface area contributed by atoms with Gasteiger partial charge in [-0.25, -0.2) is 0 Å². The molecule has 1 amide bonds. The molecular formula is C26H29N3O. The molecule has 154 valence electrons. The first-order chi connectivity index (χ1) is 14.7. The monoisotopic (exact) mass is 399 g/mol. The quantitative estimate of drug-likeness (QED) is 0.652. The number of rotatable bonds is 4. The summed E-state index contributed by atoms with van der Waals surface area (Å²) in [6.07, 6.45) is 6.41. The SMILES string of the molecule is O=C(c1cnc2ccccc2c1)N1CC[C@]2(CCCN(CCc3ccccc3)C2)C1. The van der Waals surface area contributed by atoms with E-state index in [2.05, 4.69) is 45.1 Å². The summed E-state index contributed by atoms with van der Waals surface area (Å²) in [5, 5.41) is 1.03. The number of amides is 1. The lowest BCUT2D eigenvalue weighted by Crippen LogP contribution is -2.46. The average Bonchev–Trinajstić information content (AvgIpc) is 3.20. The van der Waals surface area contributed by atoms with Gasteiger partial charge < -0.3 is 9.80 Å². The second-order valence-electron chi connectivity index (χ2n) is 9.01. The molecule has 2 aliphatic heterocycles. The Hall–Kier alpha value is -2.72. The van der Waals surface area contributed by atoms with Gasteiger partial charge in [0, 0.05) is 43.2 Å². The predicted molar refractivity (Wildman–Crippen MR) is 121 cm³/mol. The van der Waals surface area contributed by atoms with E-state index < -0.39 is 0 Å². The minimum atomic E-state index is 0.131. The zero-order valence-corrected chi connectivity index (χ0v) is 17.5. The fraction of sp³-hybridized carbons (Fsp3) is 0.385. The Labute approximate surface area is 178 Å². The van der Waals surface area contributed by atoms with Crippen molar-refractivity contribution in [3.8, 4) is 0 Å². The second kappa shape index (κ2) is 8.19. The minimum absolute atomic E-state index is 0.131. The van der Waals surface area contributed by atoms with Gasteiger partial charge in [0.15, 0.2) is 0 Å². The van der Waals surface area contributed by atoms with Crippen LogP contribution in [0.1, 0.15) is 35.2 Å². The van der Waals surface area contributed by atoms with Gasteiger partial charge in [0.1, 0.15) is 0 Å². The first kappa shape index (κ1) is 19.3. The highest BCUT2D eigenvalue weighted by Gasteiger charge is 2.42. The molecule has 0 aliphatic carbocycles. The van der Waals surface area contributed by atoms with Crippen LogP contribution in [0.25, 0.3) is 10.9 Å². The van der Waals surface area contributed by atoms with Crippen molar-refractivity contribution in [3.05, 3.63) is 78.0 Å². The van der Waals surface area contributed by atoms with Crippen LogP contribution in [-0.4, -0.2) is 53.4 Å². The molecule has 2 saturated heterocycles. The summed E-state index contributed by atoms with van der Waals surface area (Å²) < 4.78 is 0. The molecule has 0 radical (unpaired) electrons. The molecule has 30 heavy (non-hydrogen) atoms. The summed E-state index contributed by atoms with van der Waals surface area (Å²) in [5.74, 6) is 0.131. The van der Waals surface area contributed by atoms with Crippen molar-refractivity contribution in [2.24, 2.45) is 5.41 Å². The van der Waals surface area contributed by atoms with Crippen molar-refractivity contribution < 1.29 is 4.79 Å². The third-order valence-electron chi connectivity index (χ3n) is 6.86. The number of hydrogen-bond donors (Lipinski definition) is 0. The third-order valence-corrected chi connectivity index (χ3v) is 6.86. The van der Waals surface area contributed by atoms with Crippen molar-refractivity contribution in [2.75, 3.05) is 32.7 Å². The molecule has 2 fully saturated rings. The van der Waals surface area contributed by atoms with E-state index >= 15 is 0 Å². The highest BCUT2D eigenvalue weighted by molar-refractivity contribution is 5.97. The second-order valence-corrected chi connectivity index (χ2v) is 9.01. The van der Waals surface area contributed by atoms with E-state index in [0.29, 0.717) is 5.56 Å². The van der Waals surface area contributed by atoms with Gasteiger partial charge in [0.05, 0.1) is 11.1 Å². The van der Waals surface area contributed by atoms with Crippen LogP contribution >= 0.6 is 0 Å². The molecule has 0 unspecified atom stereocenters. The lowest BCUT2D eigenvalue weighted by molar-refractivity contribution is 0.0692. The van der Waals surface area contributed by atoms with Gasteiger partial charge in [-0.1, -0.05) is 48.5 Å². The molecule has 2 aromatic carbocycles. The van der Waals surface area contributed by atoms with Crippen LogP contribution < -0.4 is 0 Å². The molecular weight excluding hydrogens is 370 g/mol. The van der Waals surface area contributed by atoms with Gasteiger partial charge in [-0.15, -0.1) is 0 Å². The number of aromatic nitrogens is 1. The number of nitrogens with zero attached hydrogens (tertiary/aromatic N) is 3. The van der Waals surface area contributed by atoms with Crippen molar-refractivity contribution in [1.29, 1.82) is 0 Å². The summed E-state index contributed by atoms with van der Waals surface area (Å²) in [6, 6.07) is 20.7. The Balaban J connectivity index is 1.24. The molecule has 2 aliphatic rings. The van der Waals surface area contributed by atoms with Crippen LogP contribution in [0.3, 0.4) is 0 Å². The van der Waals surface area contributed by atoms with Crippen LogP contribution in [0.4, 0.5) is 0 Å². The number of piperidine rings is 1. The Morgan fingerprint density at radius 1 is 0.967 bits per heavy atom. The van der Waals surface area contributed by atoms with Crippen molar-refractivity contribution >= 4 is 16.8 Å². The standard InChI is InChI=1S/C26H29N3O/c30-25(23-17-22-9-4-5-10-24(22)27-18-23)29-16-13-26(20-29)12-6-14-28(19-26)15-11-21-7-2-1-3-8-21/h1-5,7-10,17-18H,6,11-16,19-20H2/t26-/m0/s1. The largest absolute Gasteiger partial charge is 0.338 e. The van der Waals surface area contributed by atoms with Crippen LogP contribution in [0.15, 0.2) is 66.9 Å². The van der Waals surface area contributed by atoms with Crippen molar-refractivity contribution in [2.45, 2.75) is 25.7 Å². The zero-order chi connectivity index (χ0) is 20.4. The maximum Gasteiger partial charge on any atom is 0.255 e. The van der Waals surface area contributed by atoms with Gasteiger partial charge in [-0.3, -0.25) is 9.78 Å². The Kier molecular flexibility index (Phi) is 5.26. The fourth-order valence-corrected chi connectivity index (χ4v) is 5.25. The number of fused-ring (bicyclic) bond motifs is 1. The fourth-order valence-electron chi connectivity index (χ4n) is 5.25. The lowest BCUT2D eigenvalue weighted by Gasteiger charge is -2.40. The number of likely N-dealkylation sites (tertiary alicyclic amines) is 2. The summed E-state index contributed by atoms with van der Waals surface area (Å²) in [6.45, 7) is 5.13. The van der Waals surface area contributed by atoms with Gasteiger partial charge in [0.25, 0.3) is 5.91 Å². The highest BCUT2D eigenvalue weighted by Crippen LogP contribution is 2.39. The zero-order valence-electron chi connectivity index (χ0n) is 17.5. The Morgan fingerprint density at radius 3 is 2.70 bits per heavy atom. The molecule has 0 bridgehead atoms. The number of hydrogen-bond acceptors (Lipinski definition) is 3. The maximum atomic E-state index is 13.2. The molecule has 1 spiro atoms. The smallest absolute Gasteiger partial charge is 0.255 e. The Morgan fingerprint density at radius 2 is 1.80 bits per heavy atom. The first-order valence-electron chi connectivity index (χ1n) is 11.1. The molecule has 0 N–H and O–H groups in total. The number of carbonyl (C=O) groups is 1. The average molecular weight is 400 g/mol. The van der Waals surface area contributed by atoms with Gasteiger partial charge in [-0.2, -0.15) is 0 Å². The van der Waals surface area contributed by atoms with Crippen LogP contribution in [0, 0.1) is 5.41 Å². The van der Waals surface area contributed by atoms with Crippen LogP contribution in [-0.2, 0) is 6.42 Å². The maximum absolute atomic E-state index is 13.2. The van der Waals surface area contributed by atoms with E-state index in [1.54, 1.807) is 6.20 Å². The molecule has 4 heteroatoms. The van der Waals surface area contributed by atoms with E-state index in [1.165, 1.54) is 24.9 Å². The van der Waals surface area contributed by atoms with E-state index in [0.717, 1.165) is 49.9 Å². The van der Waals surface area contributed by atoms with Crippen LogP contribution in [0.5, 0.6) is 0 Å². The molecule has 4 nitrogen and oxygen atoms in total.